The molecule has 0 aliphatic rings. The predicted molar refractivity (Wildman–Crippen MR) is 39.5 cm³/mol. The molecule has 0 saturated heterocycles. The van der Waals surface area contributed by atoms with E-state index in [1.165, 1.54) is 12.8 Å². The summed E-state index contributed by atoms with van der Waals surface area (Å²) in [5.74, 6) is 0. The van der Waals surface area contributed by atoms with Crippen LogP contribution in [0.1, 0.15) is 25.5 Å². The molecule has 2 nitrogen and oxygen atoms in total. The summed E-state index contributed by atoms with van der Waals surface area (Å²) in [5.41, 5.74) is 1.05. The van der Waals surface area contributed by atoms with Crippen molar-refractivity contribution >= 4 is 0 Å². The van der Waals surface area contributed by atoms with Gasteiger partial charge in [0.2, 0.25) is 0 Å². The van der Waals surface area contributed by atoms with Gasteiger partial charge in [-0.05, 0) is 12.8 Å². The van der Waals surface area contributed by atoms with Gasteiger partial charge in [0, 0.05) is 6.20 Å². The molecule has 1 heterocycles. The summed E-state index contributed by atoms with van der Waals surface area (Å²) in [6.07, 6.45) is 9.51. The number of aryl methyl sites for hydroxylation is 1. The van der Waals surface area contributed by atoms with Crippen molar-refractivity contribution in [2.75, 3.05) is 0 Å². The average molecular weight is 135 g/mol. The van der Waals surface area contributed by atoms with E-state index >= 15 is 0 Å². The lowest BCUT2D eigenvalue weighted by molar-refractivity contribution is 0.771. The van der Waals surface area contributed by atoms with Crippen LogP contribution in [0.4, 0.5) is 0 Å². The molecule has 0 bridgehead atoms. The van der Waals surface area contributed by atoms with Gasteiger partial charge in [0.1, 0.15) is 6.20 Å². The summed E-state index contributed by atoms with van der Waals surface area (Å²) in [5, 5.41) is 0. The van der Waals surface area contributed by atoms with Gasteiger partial charge >= 0.3 is 0 Å². The zero-order chi connectivity index (χ0) is 7.23. The van der Waals surface area contributed by atoms with Crippen molar-refractivity contribution < 1.29 is 0 Å². The van der Waals surface area contributed by atoms with E-state index in [-0.39, 0.29) is 0 Å². The van der Waals surface area contributed by atoms with E-state index in [9.17, 15) is 0 Å². The lowest BCUT2D eigenvalue weighted by Crippen LogP contribution is -1.89. The highest BCUT2D eigenvalue weighted by atomic mass is 14.8. The van der Waals surface area contributed by atoms with E-state index in [2.05, 4.69) is 23.1 Å². The third kappa shape index (κ3) is 2.13. The Bertz CT molecular complexity index is 172. The Morgan fingerprint density at radius 3 is 3.10 bits per heavy atom. The van der Waals surface area contributed by atoms with Crippen LogP contribution < -0.4 is 0 Å². The van der Waals surface area contributed by atoms with Crippen molar-refractivity contribution in [1.82, 2.24) is 9.97 Å². The van der Waals surface area contributed by atoms with Crippen molar-refractivity contribution in [2.24, 2.45) is 0 Å². The molecule has 0 unspecified atom stereocenters. The van der Waals surface area contributed by atoms with Gasteiger partial charge in [-0.1, -0.05) is 13.3 Å². The molecule has 1 rings (SSSR count). The molecule has 10 heavy (non-hydrogen) atoms. The average Bonchev–Trinajstić information content (AvgIpc) is 2.03. The minimum Gasteiger partial charge on any atom is -0.260 e. The van der Waals surface area contributed by atoms with Gasteiger partial charge in [-0.3, -0.25) is 4.98 Å². The molecule has 53 valence electrons. The molecular weight excluding hydrogens is 124 g/mol. The predicted octanol–water partition coefficient (Wildman–Crippen LogP) is 1.62. The molecule has 0 amide bonds. The fourth-order valence-corrected chi connectivity index (χ4v) is 0.776. The highest BCUT2D eigenvalue weighted by Gasteiger charge is 1.90. The molecule has 2 heteroatoms. The normalized spacial score (nSPS) is 9.70. The van der Waals surface area contributed by atoms with Gasteiger partial charge in [-0.25, -0.2) is 4.98 Å². The van der Waals surface area contributed by atoms with E-state index in [1.54, 1.807) is 12.4 Å². The Balaban J connectivity index is 2.43. The Labute approximate surface area is 61.3 Å². The van der Waals surface area contributed by atoms with Crippen LogP contribution in [0.2, 0.25) is 0 Å². The molecule has 1 aromatic heterocycles. The minimum atomic E-state index is 1.03. The molecule has 0 aliphatic carbocycles. The number of rotatable bonds is 3. The van der Waals surface area contributed by atoms with Crippen molar-refractivity contribution in [3.05, 3.63) is 24.3 Å². The summed E-state index contributed by atoms with van der Waals surface area (Å²) >= 11 is 0. The van der Waals surface area contributed by atoms with E-state index in [0.29, 0.717) is 0 Å². The van der Waals surface area contributed by atoms with E-state index in [0.717, 1.165) is 12.1 Å². The second-order valence-corrected chi connectivity index (χ2v) is 2.24. The van der Waals surface area contributed by atoms with Crippen LogP contribution in [0.5, 0.6) is 0 Å². The van der Waals surface area contributed by atoms with Gasteiger partial charge in [0.15, 0.2) is 0 Å². The highest BCUT2D eigenvalue weighted by molar-refractivity contribution is 4.93. The molecule has 0 atom stereocenters. The van der Waals surface area contributed by atoms with Gasteiger partial charge in [-0.2, -0.15) is 0 Å². The smallest absolute Gasteiger partial charge is 0.109 e. The molecule has 1 radical (unpaired) electrons. The van der Waals surface area contributed by atoms with Gasteiger partial charge in [0.05, 0.1) is 11.9 Å². The second kappa shape index (κ2) is 3.99. The van der Waals surface area contributed by atoms with E-state index in [1.807, 2.05) is 0 Å². The van der Waals surface area contributed by atoms with Crippen molar-refractivity contribution in [1.29, 1.82) is 0 Å². The fraction of sp³-hybridized carbons (Fsp3) is 0.500. The number of hydrogen-bond donors (Lipinski definition) is 0. The number of aromatic nitrogens is 2. The molecule has 0 saturated carbocycles. The van der Waals surface area contributed by atoms with Crippen molar-refractivity contribution in [2.45, 2.75) is 26.2 Å². The Hall–Kier alpha value is -0.920. The number of hydrogen-bond acceptors (Lipinski definition) is 2. The topological polar surface area (TPSA) is 25.8 Å². The zero-order valence-corrected chi connectivity index (χ0v) is 6.17. The lowest BCUT2D eigenvalue weighted by atomic mass is 10.2. The molecule has 0 aromatic carbocycles. The van der Waals surface area contributed by atoms with Crippen LogP contribution >= 0.6 is 0 Å². The highest BCUT2D eigenvalue weighted by Crippen LogP contribution is 1.97. The maximum atomic E-state index is 4.03. The van der Waals surface area contributed by atoms with Gasteiger partial charge in [0.25, 0.3) is 0 Å². The Morgan fingerprint density at radius 2 is 2.50 bits per heavy atom. The first kappa shape index (κ1) is 7.19. The molecule has 0 spiro atoms. The maximum Gasteiger partial charge on any atom is 0.109 e. The van der Waals surface area contributed by atoms with Crippen LogP contribution in [0.15, 0.2) is 12.4 Å². The number of unbranched alkanes of at least 4 members (excludes halogenated alkanes) is 1. The van der Waals surface area contributed by atoms with Gasteiger partial charge in [-0.15, -0.1) is 0 Å². The first-order valence-electron chi connectivity index (χ1n) is 3.60. The third-order valence-corrected chi connectivity index (χ3v) is 1.35. The molecule has 1 aromatic rings. The van der Waals surface area contributed by atoms with Crippen LogP contribution in [0, 0.1) is 6.20 Å². The monoisotopic (exact) mass is 135 g/mol. The van der Waals surface area contributed by atoms with Crippen LogP contribution in [0.3, 0.4) is 0 Å². The SMILES string of the molecule is CCCCc1cnc[c]n1. The first-order chi connectivity index (χ1) is 4.93. The van der Waals surface area contributed by atoms with Crippen LogP contribution in [-0.2, 0) is 6.42 Å². The summed E-state index contributed by atoms with van der Waals surface area (Å²) in [4.78, 5) is 7.95. The number of nitrogens with zero attached hydrogens (tertiary/aromatic N) is 2. The molecule has 0 fully saturated rings. The minimum absolute atomic E-state index is 1.03. The molecule has 0 aliphatic heterocycles. The Kier molecular flexibility index (Phi) is 2.87. The Morgan fingerprint density at radius 1 is 1.60 bits per heavy atom. The molecular formula is C8H11N2. The summed E-state index contributed by atoms with van der Waals surface area (Å²) in [7, 11) is 0. The summed E-state index contributed by atoms with van der Waals surface area (Å²) < 4.78 is 0. The van der Waals surface area contributed by atoms with Crippen molar-refractivity contribution in [3.8, 4) is 0 Å². The molecule has 0 N–H and O–H groups in total. The largest absolute Gasteiger partial charge is 0.260 e. The summed E-state index contributed by atoms with van der Waals surface area (Å²) in [6.45, 7) is 2.17. The van der Waals surface area contributed by atoms with Crippen LogP contribution in [0.25, 0.3) is 0 Å². The maximum absolute atomic E-state index is 4.03. The third-order valence-electron chi connectivity index (χ3n) is 1.35. The van der Waals surface area contributed by atoms with Crippen molar-refractivity contribution in [3.63, 3.8) is 0 Å². The van der Waals surface area contributed by atoms with Gasteiger partial charge < -0.3 is 0 Å². The summed E-state index contributed by atoms with van der Waals surface area (Å²) in [6, 6.07) is 0. The van der Waals surface area contributed by atoms with E-state index in [4.69, 9.17) is 0 Å². The van der Waals surface area contributed by atoms with E-state index < -0.39 is 0 Å². The second-order valence-electron chi connectivity index (χ2n) is 2.24. The standard InChI is InChI=1S/C8H11N2/c1-2-3-4-8-7-9-5-6-10-8/h5,7H,2-4H2,1H3. The quantitative estimate of drug-likeness (QED) is 0.629. The zero-order valence-electron chi connectivity index (χ0n) is 6.17. The first-order valence-corrected chi connectivity index (χ1v) is 3.60. The fourth-order valence-electron chi connectivity index (χ4n) is 0.776. The van der Waals surface area contributed by atoms with Crippen LogP contribution in [-0.4, -0.2) is 9.97 Å². The lowest BCUT2D eigenvalue weighted by Gasteiger charge is -1.94.